The summed E-state index contributed by atoms with van der Waals surface area (Å²) in [4.78, 5) is 2.41. The first-order valence-electron chi connectivity index (χ1n) is 9.02. The fourth-order valence-electron chi connectivity index (χ4n) is 3.15. The van der Waals surface area contributed by atoms with Gasteiger partial charge in [-0.1, -0.05) is 29.8 Å². The molecule has 0 bridgehead atoms. The Labute approximate surface area is 160 Å². The van der Waals surface area contributed by atoms with E-state index < -0.39 is 0 Å². The summed E-state index contributed by atoms with van der Waals surface area (Å²) in [6.07, 6.45) is 0.783. The summed E-state index contributed by atoms with van der Waals surface area (Å²) in [6, 6.07) is 13.9. The van der Waals surface area contributed by atoms with Crippen LogP contribution in [0.3, 0.4) is 0 Å². The monoisotopic (exact) mass is 375 g/mol. The van der Waals surface area contributed by atoms with E-state index in [9.17, 15) is 0 Å². The highest BCUT2D eigenvalue weighted by Crippen LogP contribution is 2.34. The van der Waals surface area contributed by atoms with E-state index in [2.05, 4.69) is 11.0 Å². The lowest BCUT2D eigenvalue weighted by molar-refractivity contribution is 0.0316. The lowest BCUT2D eigenvalue weighted by Crippen LogP contribution is -2.37. The van der Waals surface area contributed by atoms with E-state index in [1.165, 1.54) is 0 Å². The van der Waals surface area contributed by atoms with E-state index in [0.717, 1.165) is 66.9 Å². The largest absolute Gasteiger partial charge is 0.493 e. The maximum absolute atomic E-state index is 6.38. The number of hydrogen-bond acceptors (Lipinski definition) is 4. The highest BCUT2D eigenvalue weighted by atomic mass is 35.5. The van der Waals surface area contributed by atoms with Gasteiger partial charge in [0.2, 0.25) is 0 Å². The average Bonchev–Trinajstić information content (AvgIpc) is 2.67. The Kier molecular flexibility index (Phi) is 6.78. The Hall–Kier alpha value is -1.75. The molecule has 0 amide bonds. The molecule has 140 valence electrons. The van der Waals surface area contributed by atoms with Crippen LogP contribution in [0, 0.1) is 6.92 Å². The summed E-state index contributed by atoms with van der Waals surface area (Å²) < 4.78 is 17.3. The zero-order chi connectivity index (χ0) is 18.4. The molecule has 0 aliphatic carbocycles. The van der Waals surface area contributed by atoms with E-state index in [1.807, 2.05) is 43.3 Å². The molecule has 1 aliphatic heterocycles. The Morgan fingerprint density at radius 1 is 1.12 bits per heavy atom. The fraction of sp³-hybridized carbons (Fsp3) is 0.429. The van der Waals surface area contributed by atoms with Crippen LogP contribution in [-0.2, 0) is 4.74 Å². The van der Waals surface area contributed by atoms with Gasteiger partial charge in [-0.05, 0) is 42.3 Å². The van der Waals surface area contributed by atoms with Crippen LogP contribution in [0.4, 0.5) is 0 Å². The molecule has 1 fully saturated rings. The molecule has 0 aromatic heterocycles. The van der Waals surface area contributed by atoms with Gasteiger partial charge < -0.3 is 14.2 Å². The fourth-order valence-corrected chi connectivity index (χ4v) is 3.35. The topological polar surface area (TPSA) is 30.9 Å². The second-order valence-corrected chi connectivity index (χ2v) is 6.99. The molecule has 1 aliphatic rings. The quantitative estimate of drug-likeness (QED) is 0.713. The van der Waals surface area contributed by atoms with Crippen molar-refractivity contribution >= 4 is 11.6 Å². The minimum absolute atomic E-state index is 0.0897. The van der Waals surface area contributed by atoms with Gasteiger partial charge in [0.15, 0.2) is 11.5 Å². The third kappa shape index (κ3) is 5.13. The van der Waals surface area contributed by atoms with Crippen molar-refractivity contribution in [3.63, 3.8) is 0 Å². The van der Waals surface area contributed by atoms with Crippen LogP contribution in [0.1, 0.15) is 23.7 Å². The van der Waals surface area contributed by atoms with Crippen LogP contribution in [0.5, 0.6) is 11.5 Å². The summed E-state index contributed by atoms with van der Waals surface area (Å²) in [6.45, 7) is 6.53. The number of nitrogens with zero attached hydrogens (tertiary/aromatic N) is 1. The predicted molar refractivity (Wildman–Crippen MR) is 104 cm³/mol. The lowest BCUT2D eigenvalue weighted by Gasteiger charge is -2.29. The second kappa shape index (κ2) is 9.26. The summed E-state index contributed by atoms with van der Waals surface area (Å²) in [5.74, 6) is 1.51. The molecule has 3 rings (SSSR count). The third-order valence-electron chi connectivity index (χ3n) is 4.62. The van der Waals surface area contributed by atoms with Crippen LogP contribution >= 0.6 is 11.6 Å². The molecule has 0 radical (unpaired) electrons. The molecule has 0 N–H and O–H groups in total. The first-order chi connectivity index (χ1) is 12.7. The first-order valence-corrected chi connectivity index (χ1v) is 9.40. The van der Waals surface area contributed by atoms with Gasteiger partial charge in [0, 0.05) is 31.1 Å². The van der Waals surface area contributed by atoms with E-state index in [0.29, 0.717) is 0 Å². The van der Waals surface area contributed by atoms with Crippen LogP contribution in [-0.4, -0.2) is 44.9 Å². The molecule has 26 heavy (non-hydrogen) atoms. The number of halogens is 1. The SMILES string of the molecule is COc1cc(C)ccc1OC(CCN1CCOCC1)c1cccc(Cl)c1. The molecule has 0 saturated carbocycles. The van der Waals surface area contributed by atoms with E-state index in [4.69, 9.17) is 25.8 Å². The molecular formula is C21H26ClNO3. The Morgan fingerprint density at radius 3 is 2.65 bits per heavy atom. The minimum atomic E-state index is -0.0897. The predicted octanol–water partition coefficient (Wildman–Crippen LogP) is 4.50. The van der Waals surface area contributed by atoms with Crippen molar-refractivity contribution < 1.29 is 14.2 Å². The van der Waals surface area contributed by atoms with Crippen molar-refractivity contribution in [3.8, 4) is 11.5 Å². The van der Waals surface area contributed by atoms with Gasteiger partial charge in [-0.3, -0.25) is 4.90 Å². The van der Waals surface area contributed by atoms with Crippen molar-refractivity contribution in [2.45, 2.75) is 19.4 Å². The Morgan fingerprint density at radius 2 is 1.92 bits per heavy atom. The van der Waals surface area contributed by atoms with Gasteiger partial charge in [-0.25, -0.2) is 0 Å². The Bertz CT molecular complexity index is 716. The van der Waals surface area contributed by atoms with Crippen molar-refractivity contribution in [2.75, 3.05) is 40.0 Å². The summed E-state index contributed by atoms with van der Waals surface area (Å²) >= 11 is 6.21. The molecule has 0 spiro atoms. The molecular weight excluding hydrogens is 350 g/mol. The first kappa shape index (κ1) is 19.0. The van der Waals surface area contributed by atoms with Crippen LogP contribution < -0.4 is 9.47 Å². The van der Waals surface area contributed by atoms with Crippen LogP contribution in [0.15, 0.2) is 42.5 Å². The number of morpholine rings is 1. The average molecular weight is 376 g/mol. The van der Waals surface area contributed by atoms with Crippen molar-refractivity contribution in [1.82, 2.24) is 4.90 Å². The molecule has 1 atom stereocenters. The molecule has 5 heteroatoms. The van der Waals surface area contributed by atoms with E-state index >= 15 is 0 Å². The maximum Gasteiger partial charge on any atom is 0.162 e. The highest BCUT2D eigenvalue weighted by molar-refractivity contribution is 6.30. The van der Waals surface area contributed by atoms with Crippen LogP contribution in [0.25, 0.3) is 0 Å². The van der Waals surface area contributed by atoms with Crippen molar-refractivity contribution in [1.29, 1.82) is 0 Å². The second-order valence-electron chi connectivity index (χ2n) is 6.56. The lowest BCUT2D eigenvalue weighted by atomic mass is 10.1. The summed E-state index contributed by atoms with van der Waals surface area (Å²) in [5, 5.41) is 0.721. The number of methoxy groups -OCH3 is 1. The van der Waals surface area contributed by atoms with Gasteiger partial charge in [0.25, 0.3) is 0 Å². The van der Waals surface area contributed by atoms with Gasteiger partial charge in [0.1, 0.15) is 6.10 Å². The number of ether oxygens (including phenoxy) is 3. The summed E-state index contributed by atoms with van der Waals surface area (Å²) in [7, 11) is 1.67. The van der Waals surface area contributed by atoms with Gasteiger partial charge in [-0.2, -0.15) is 0 Å². The van der Waals surface area contributed by atoms with Gasteiger partial charge in [-0.15, -0.1) is 0 Å². The normalized spacial score (nSPS) is 16.3. The number of benzene rings is 2. The molecule has 2 aromatic rings. The van der Waals surface area contributed by atoms with Gasteiger partial charge >= 0.3 is 0 Å². The standard InChI is InChI=1S/C21H26ClNO3/c1-16-6-7-20(21(14-16)24-2)26-19(17-4-3-5-18(22)15-17)8-9-23-10-12-25-13-11-23/h3-7,14-15,19H,8-13H2,1-2H3. The third-order valence-corrected chi connectivity index (χ3v) is 4.86. The highest BCUT2D eigenvalue weighted by Gasteiger charge is 2.19. The maximum atomic E-state index is 6.38. The zero-order valence-electron chi connectivity index (χ0n) is 15.4. The number of rotatable bonds is 7. The van der Waals surface area contributed by atoms with Crippen molar-refractivity contribution in [2.24, 2.45) is 0 Å². The van der Waals surface area contributed by atoms with E-state index in [1.54, 1.807) is 7.11 Å². The molecule has 4 nitrogen and oxygen atoms in total. The van der Waals surface area contributed by atoms with Crippen LogP contribution in [0.2, 0.25) is 5.02 Å². The minimum Gasteiger partial charge on any atom is -0.493 e. The Balaban J connectivity index is 1.78. The number of hydrogen-bond donors (Lipinski definition) is 0. The van der Waals surface area contributed by atoms with E-state index in [-0.39, 0.29) is 6.10 Å². The van der Waals surface area contributed by atoms with Gasteiger partial charge in [0.05, 0.1) is 20.3 Å². The smallest absolute Gasteiger partial charge is 0.162 e. The van der Waals surface area contributed by atoms with Crippen molar-refractivity contribution in [3.05, 3.63) is 58.6 Å². The zero-order valence-corrected chi connectivity index (χ0v) is 16.2. The molecule has 1 heterocycles. The molecule has 1 saturated heterocycles. The molecule has 1 unspecified atom stereocenters. The summed E-state index contributed by atoms with van der Waals surface area (Å²) in [5.41, 5.74) is 2.22. The number of aryl methyl sites for hydroxylation is 1. The molecule has 2 aromatic carbocycles.